The Kier molecular flexibility index (Phi) is 11.3. The molecule has 10 heteroatoms. The number of hydrogen-bond donors (Lipinski definition) is 4. The van der Waals surface area contributed by atoms with Crippen molar-refractivity contribution in [1.29, 1.82) is 5.26 Å². The van der Waals surface area contributed by atoms with Gasteiger partial charge in [0.05, 0.1) is 18.2 Å². The molecule has 0 aliphatic rings. The lowest BCUT2D eigenvalue weighted by atomic mass is 10.00. The van der Waals surface area contributed by atoms with E-state index in [9.17, 15) is 9.59 Å². The first-order chi connectivity index (χ1) is 19.0. The summed E-state index contributed by atoms with van der Waals surface area (Å²) in [5, 5.41) is 29.4. The minimum atomic E-state index is -0.879. The van der Waals surface area contributed by atoms with Gasteiger partial charge in [-0.05, 0) is 66.9 Å². The number of nitriles is 1. The van der Waals surface area contributed by atoms with Gasteiger partial charge < -0.3 is 19.3 Å². The zero-order valence-corrected chi connectivity index (χ0v) is 21.0. The highest BCUT2D eigenvalue weighted by atomic mass is 16.6. The maximum absolute atomic E-state index is 13.0. The topological polar surface area (TPSA) is 150 Å². The smallest absolute Gasteiger partial charge is 0.412 e. The van der Waals surface area contributed by atoms with Crippen LogP contribution in [0.15, 0.2) is 91.0 Å². The van der Waals surface area contributed by atoms with Crippen molar-refractivity contribution in [2.24, 2.45) is 0 Å². The zero-order valence-electron chi connectivity index (χ0n) is 21.0. The number of aliphatic hydroxyl groups excluding tert-OH is 1. The number of allylic oxidation sites excluding steroid dienone is 1. The van der Waals surface area contributed by atoms with Gasteiger partial charge in [-0.25, -0.2) is 10.3 Å². The molecule has 2 amide bonds. The number of nitrogens with one attached hydrogen (secondary N) is 2. The van der Waals surface area contributed by atoms with Gasteiger partial charge in [-0.2, -0.15) is 5.26 Å². The van der Waals surface area contributed by atoms with Crippen LogP contribution in [0.2, 0.25) is 0 Å². The molecule has 0 unspecified atom stereocenters. The first kappa shape index (κ1) is 28.7. The van der Waals surface area contributed by atoms with Crippen LogP contribution >= 0.6 is 0 Å². The quantitative estimate of drug-likeness (QED) is 0.143. The summed E-state index contributed by atoms with van der Waals surface area (Å²) in [5.41, 5.74) is 3.06. The summed E-state index contributed by atoms with van der Waals surface area (Å²) in [6, 6.07) is 24.3. The average molecular weight is 532 g/mol. The number of benzene rings is 3. The van der Waals surface area contributed by atoms with Gasteiger partial charge in [0.15, 0.2) is 6.10 Å². The molecule has 39 heavy (non-hydrogen) atoms. The van der Waals surface area contributed by atoms with Crippen molar-refractivity contribution >= 4 is 17.7 Å². The third kappa shape index (κ3) is 9.51. The number of amides is 2. The predicted octanol–water partition coefficient (Wildman–Crippen LogP) is 4.51. The number of carbonyl (C=O) groups is 2. The van der Waals surface area contributed by atoms with Crippen LogP contribution in [0.3, 0.4) is 0 Å². The molecule has 0 aromatic heterocycles. The van der Waals surface area contributed by atoms with E-state index < -0.39 is 24.2 Å². The summed E-state index contributed by atoms with van der Waals surface area (Å²) in [6.07, 6.45) is 1.21. The molecule has 0 bridgehead atoms. The molecule has 0 aliphatic heterocycles. The van der Waals surface area contributed by atoms with E-state index in [-0.39, 0.29) is 13.2 Å². The van der Waals surface area contributed by atoms with Crippen molar-refractivity contribution < 1.29 is 34.1 Å². The fraction of sp³-hybridized carbons (Fsp3) is 0.207. The Morgan fingerprint density at radius 3 is 2.33 bits per heavy atom. The molecule has 3 aromatic rings. The summed E-state index contributed by atoms with van der Waals surface area (Å²) in [7, 11) is 0. The first-order valence-corrected chi connectivity index (χ1v) is 12.2. The van der Waals surface area contributed by atoms with Gasteiger partial charge in [0.1, 0.15) is 24.2 Å². The van der Waals surface area contributed by atoms with Gasteiger partial charge in [0.25, 0.3) is 5.91 Å². The fourth-order valence-electron chi connectivity index (χ4n) is 3.60. The van der Waals surface area contributed by atoms with Crippen LogP contribution in [0.25, 0.3) is 0 Å². The minimum absolute atomic E-state index is 0.127. The summed E-state index contributed by atoms with van der Waals surface area (Å²) in [4.78, 5) is 24.3. The molecule has 0 saturated heterocycles. The summed E-state index contributed by atoms with van der Waals surface area (Å²) < 4.78 is 17.6. The number of nitrogens with zero attached hydrogens (tertiary/aromatic N) is 1. The SMILES string of the molecule is N#Cc1ccc(NC(=O)O[C@@H](c2ccc(OCCO)cc2)[C@H](CC/C=C/C(=O)NO)Oc2ccccc2)cc1. The maximum Gasteiger partial charge on any atom is 0.412 e. The van der Waals surface area contributed by atoms with Gasteiger partial charge in [0.2, 0.25) is 0 Å². The molecular weight excluding hydrogens is 502 g/mol. The van der Waals surface area contributed by atoms with Gasteiger partial charge >= 0.3 is 6.09 Å². The Hall–Kier alpha value is -4.85. The molecule has 3 rings (SSSR count). The molecule has 0 aliphatic carbocycles. The molecule has 202 valence electrons. The maximum atomic E-state index is 13.0. The van der Waals surface area contributed by atoms with Crippen molar-refractivity contribution in [3.63, 3.8) is 0 Å². The Bertz CT molecular complexity index is 1260. The third-order valence-corrected chi connectivity index (χ3v) is 5.43. The second-order valence-corrected chi connectivity index (χ2v) is 8.21. The highest BCUT2D eigenvalue weighted by Crippen LogP contribution is 2.30. The number of rotatable bonds is 13. The molecule has 0 spiro atoms. The molecule has 10 nitrogen and oxygen atoms in total. The summed E-state index contributed by atoms with van der Waals surface area (Å²) in [6.45, 7) is 0.0115. The van der Waals surface area contributed by atoms with Gasteiger partial charge in [-0.3, -0.25) is 15.3 Å². The standard InChI is InChI=1S/C29H29N3O7/c30-20-21-10-14-23(15-11-21)31-29(35)39-28(22-12-16-24(17-13-22)37-19-18-33)26(8-4-5-9-27(34)32-36)38-25-6-2-1-3-7-25/h1-3,5-7,9-17,26,28,33,36H,4,8,18-19H2,(H,31,35)(H,32,34)/b9-5+/t26-,28-/m0/s1. The molecule has 0 saturated carbocycles. The highest BCUT2D eigenvalue weighted by molar-refractivity contribution is 5.86. The molecule has 0 heterocycles. The predicted molar refractivity (Wildman–Crippen MR) is 142 cm³/mol. The van der Waals surface area contributed by atoms with Gasteiger partial charge in [0, 0.05) is 11.8 Å². The second kappa shape index (κ2) is 15.4. The van der Waals surface area contributed by atoms with E-state index in [0.29, 0.717) is 41.2 Å². The second-order valence-electron chi connectivity index (χ2n) is 8.21. The third-order valence-electron chi connectivity index (χ3n) is 5.43. The monoisotopic (exact) mass is 531 g/mol. The van der Waals surface area contributed by atoms with Crippen LogP contribution in [0.5, 0.6) is 11.5 Å². The molecule has 3 aromatic carbocycles. The van der Waals surface area contributed by atoms with Crippen molar-refractivity contribution in [3.05, 3.63) is 102 Å². The lowest BCUT2D eigenvalue weighted by Crippen LogP contribution is -2.31. The Labute approximate surface area is 226 Å². The van der Waals surface area contributed by atoms with Crippen LogP contribution in [0.1, 0.15) is 30.1 Å². The van der Waals surface area contributed by atoms with Crippen LogP contribution in [-0.2, 0) is 9.53 Å². The molecule has 0 radical (unpaired) electrons. The number of hydrogen-bond acceptors (Lipinski definition) is 8. The number of aliphatic hydroxyl groups is 1. The number of carbonyl (C=O) groups excluding carboxylic acids is 2. The van der Waals surface area contributed by atoms with Crippen LogP contribution in [0, 0.1) is 11.3 Å². The lowest BCUT2D eigenvalue weighted by Gasteiger charge is -2.28. The van der Waals surface area contributed by atoms with E-state index in [1.165, 1.54) is 11.6 Å². The number of ether oxygens (including phenoxy) is 3. The number of hydroxylamine groups is 1. The lowest BCUT2D eigenvalue weighted by molar-refractivity contribution is -0.124. The average Bonchev–Trinajstić information content (AvgIpc) is 2.97. The van der Waals surface area contributed by atoms with E-state index in [1.54, 1.807) is 66.7 Å². The van der Waals surface area contributed by atoms with E-state index in [1.807, 2.05) is 24.3 Å². The number of para-hydroxylation sites is 1. The highest BCUT2D eigenvalue weighted by Gasteiger charge is 2.29. The molecular formula is C29H29N3O7. The number of anilines is 1. The van der Waals surface area contributed by atoms with E-state index >= 15 is 0 Å². The van der Waals surface area contributed by atoms with Crippen LogP contribution in [0.4, 0.5) is 10.5 Å². The fourth-order valence-corrected chi connectivity index (χ4v) is 3.60. The van der Waals surface area contributed by atoms with Crippen molar-refractivity contribution in [2.45, 2.75) is 25.0 Å². The van der Waals surface area contributed by atoms with E-state index in [2.05, 4.69) is 5.32 Å². The van der Waals surface area contributed by atoms with E-state index in [0.717, 1.165) is 0 Å². The molecule has 2 atom stereocenters. The van der Waals surface area contributed by atoms with Crippen molar-refractivity contribution in [2.75, 3.05) is 18.5 Å². The normalized spacial score (nSPS) is 12.1. The van der Waals surface area contributed by atoms with Crippen LogP contribution in [-0.4, -0.2) is 41.6 Å². The Balaban J connectivity index is 1.87. The molecule has 0 fully saturated rings. The van der Waals surface area contributed by atoms with Gasteiger partial charge in [-0.1, -0.05) is 36.4 Å². The van der Waals surface area contributed by atoms with Crippen LogP contribution < -0.4 is 20.3 Å². The summed E-state index contributed by atoms with van der Waals surface area (Å²) >= 11 is 0. The summed E-state index contributed by atoms with van der Waals surface area (Å²) in [5.74, 6) is 0.430. The first-order valence-electron chi connectivity index (χ1n) is 12.2. The largest absolute Gasteiger partial charge is 0.491 e. The molecule has 4 N–H and O–H groups in total. The Morgan fingerprint density at radius 1 is 0.974 bits per heavy atom. The minimum Gasteiger partial charge on any atom is -0.491 e. The van der Waals surface area contributed by atoms with Crippen molar-refractivity contribution in [3.8, 4) is 17.6 Å². The van der Waals surface area contributed by atoms with Crippen molar-refractivity contribution in [1.82, 2.24) is 5.48 Å². The Morgan fingerprint density at radius 2 is 1.69 bits per heavy atom. The van der Waals surface area contributed by atoms with Gasteiger partial charge in [-0.15, -0.1) is 0 Å². The van der Waals surface area contributed by atoms with E-state index in [4.69, 9.17) is 29.8 Å². The zero-order chi connectivity index (χ0) is 27.9.